The highest BCUT2D eigenvalue weighted by molar-refractivity contribution is 5.72. The molecule has 17 aliphatic rings. The van der Waals surface area contributed by atoms with Crippen molar-refractivity contribution in [3.63, 3.8) is 0 Å². The van der Waals surface area contributed by atoms with Crippen LogP contribution in [0.5, 0.6) is 0 Å². The normalized spacial score (nSPS) is 32.8. The first-order chi connectivity index (χ1) is 40.0. The molecule has 15 heterocycles. The van der Waals surface area contributed by atoms with Gasteiger partial charge in [0, 0.05) is 87.8 Å². The summed E-state index contributed by atoms with van der Waals surface area (Å²) in [5, 5.41) is 0. The molecule has 0 N–H and O–H groups in total. The molecule has 0 spiro atoms. The number of fused-ring (bicyclic) bond motifs is 4. The van der Waals surface area contributed by atoms with Gasteiger partial charge in [-0.25, -0.2) is 0 Å². The van der Waals surface area contributed by atoms with Gasteiger partial charge in [-0.3, -0.25) is 24.8 Å². The zero-order chi connectivity index (χ0) is 59.3. The van der Waals surface area contributed by atoms with Crippen LogP contribution in [0.4, 0.5) is 22.7 Å². The lowest BCUT2D eigenvalue weighted by atomic mass is 9.47. The molecule has 2 aromatic carbocycles. The number of anilines is 4. The third kappa shape index (κ3) is 8.42. The Kier molecular flexibility index (Phi) is 13.9. The number of nitrogens with zero attached hydrogens (tertiary/aromatic N) is 9. The molecule has 4 saturated carbocycles. The van der Waals surface area contributed by atoms with Crippen molar-refractivity contribution in [3.8, 4) is 0 Å². The Morgan fingerprint density at radius 3 is 1.46 bits per heavy atom. The van der Waals surface area contributed by atoms with Gasteiger partial charge < -0.3 is 19.6 Å². The number of piperidine rings is 6. The summed E-state index contributed by atoms with van der Waals surface area (Å²) >= 11 is 0. The van der Waals surface area contributed by atoms with Crippen LogP contribution in [0.3, 0.4) is 0 Å². The summed E-state index contributed by atoms with van der Waals surface area (Å²) in [6, 6.07) is 29.1. The number of rotatable bonds is 4. The van der Waals surface area contributed by atoms with Gasteiger partial charge in [0.25, 0.3) is 0 Å². The van der Waals surface area contributed by atoms with Crippen LogP contribution in [-0.2, 0) is 16.5 Å². The molecule has 0 radical (unpaired) electrons. The van der Waals surface area contributed by atoms with Crippen LogP contribution >= 0.6 is 0 Å². The van der Waals surface area contributed by atoms with Crippen molar-refractivity contribution in [1.82, 2.24) is 24.8 Å². The highest BCUT2D eigenvalue weighted by Gasteiger charge is 2.65. The zero-order valence-corrected chi connectivity index (χ0v) is 54.5. The Balaban J connectivity index is 0.000000105. The third-order valence-corrected chi connectivity index (χ3v) is 24.6. The van der Waals surface area contributed by atoms with E-state index in [0.29, 0.717) is 40.7 Å². The summed E-state index contributed by atoms with van der Waals surface area (Å²) in [6.07, 6.45) is 16.8. The van der Waals surface area contributed by atoms with E-state index in [0.717, 1.165) is 53.3 Å². The van der Waals surface area contributed by atoms with Crippen molar-refractivity contribution >= 4 is 22.7 Å². The van der Waals surface area contributed by atoms with E-state index in [1.807, 2.05) is 0 Å². The molecule has 23 rings (SSSR count). The Morgan fingerprint density at radius 1 is 0.464 bits per heavy atom. The van der Waals surface area contributed by atoms with E-state index in [-0.39, 0.29) is 11.1 Å². The molecule has 8 unspecified atom stereocenters. The number of aromatic nitrogens is 4. The highest BCUT2D eigenvalue weighted by atomic mass is 15.4. The van der Waals surface area contributed by atoms with E-state index >= 15 is 0 Å². The number of benzene rings is 2. The smallest absolute Gasteiger partial charge is 0.0995 e. The van der Waals surface area contributed by atoms with Crippen molar-refractivity contribution in [3.05, 3.63) is 163 Å². The number of para-hydroxylation sites is 1. The fourth-order valence-corrected chi connectivity index (χ4v) is 21.0. The minimum absolute atomic E-state index is 0.0389. The Labute approximate surface area is 505 Å². The van der Waals surface area contributed by atoms with Gasteiger partial charge in [-0.1, -0.05) is 42.5 Å². The fraction of sp³-hybridized carbons (Fsp3) is 0.573. The molecule has 84 heavy (non-hydrogen) atoms. The van der Waals surface area contributed by atoms with Crippen LogP contribution < -0.4 is 19.6 Å². The van der Waals surface area contributed by atoms with Gasteiger partial charge in [0.05, 0.1) is 51.4 Å². The van der Waals surface area contributed by atoms with Gasteiger partial charge in [0.2, 0.25) is 0 Å². The summed E-state index contributed by atoms with van der Waals surface area (Å²) in [4.78, 5) is 32.4. The number of aryl methyl sites for hydroxylation is 12. The predicted octanol–water partition coefficient (Wildman–Crippen LogP) is 16.4. The molecule has 8 bridgehead atoms. The number of hydrogen-bond donors (Lipinski definition) is 0. The molecular weight excluding hydrogens is 1030 g/mol. The van der Waals surface area contributed by atoms with Crippen molar-refractivity contribution < 1.29 is 0 Å². The highest BCUT2D eigenvalue weighted by Crippen LogP contribution is 2.68. The Morgan fingerprint density at radius 2 is 0.952 bits per heavy atom. The summed E-state index contributed by atoms with van der Waals surface area (Å²) in [6.45, 7) is 41.9. The minimum atomic E-state index is 0.0389. The van der Waals surface area contributed by atoms with Crippen LogP contribution in [0, 0.1) is 94.4 Å². The van der Waals surface area contributed by atoms with Crippen LogP contribution in [0.25, 0.3) is 0 Å². The largest absolute Gasteiger partial charge is 0.361 e. The molecule has 444 valence electrons. The summed E-state index contributed by atoms with van der Waals surface area (Å²) in [5.74, 6) is 1.59. The van der Waals surface area contributed by atoms with Crippen molar-refractivity contribution in [2.75, 3.05) is 39.2 Å². The molecule has 0 amide bonds. The minimum Gasteiger partial charge on any atom is -0.361 e. The van der Waals surface area contributed by atoms with Crippen molar-refractivity contribution in [1.29, 1.82) is 0 Å². The Bertz CT molecular complexity index is 3450. The molecule has 6 aliphatic carbocycles. The molecule has 9 heteroatoms. The van der Waals surface area contributed by atoms with Crippen LogP contribution in [0.15, 0.2) is 72.8 Å². The van der Waals surface area contributed by atoms with Crippen molar-refractivity contribution in [2.45, 2.75) is 247 Å². The first kappa shape index (κ1) is 57.3. The van der Waals surface area contributed by atoms with Gasteiger partial charge in [-0.2, -0.15) is 0 Å². The standard InChI is InChI=1S/C22H26N2.C20H25N3.C18H26N2.C15H22N2/c1-14-13-15(2)23-16(3)20(14)24-17(4)21-9-11-22(24,12-10-21)19-8-6-5-7-18(19)21;1-13-12-14(2)21-15(3)19(13)23-16(4)22-11-10-20(23,5)17-8-6-7-9-18(17)22;1-12-11-13(2)19-14(3)16(12)20-15(4)17-5-8-18(20,9-6-17)10-7-17;1-9-7-10(2)16-11(3)14(9)15-12(4)17-6-5-13(15)8-17/h5-8,13,17H,9-12H2,1-4H3;6-9,12,16H,10-11H2,1-5H3;11,15H,5-10H2,1-4H3;7,12-13,15H,5-6,8H2,1-4H3. The molecule has 6 aromatic rings. The second kappa shape index (κ2) is 20.4. The molecular formula is C75H99N9. The maximum atomic E-state index is 4.82. The van der Waals surface area contributed by atoms with Gasteiger partial charge in [0.1, 0.15) is 0 Å². The Hall–Kier alpha value is -5.80. The SMILES string of the molecule is Cc1cc(C)c(C2C3CCN(C3)C2C)c(C)n1.Cc1cc(C)c(N2C(C)C34CCC2(CC3)CC4)c(C)n1.Cc1cc(C)c(N2C(C)C34CCC2(CC3)c2ccccc24)c(C)n1.Cc1cc(C)c(N2C(C)N3CCC2(C)c2ccccc23)c(C)n1. The molecule has 8 atom stereocenters. The lowest BCUT2D eigenvalue weighted by molar-refractivity contribution is -0.0449. The average Bonchev–Trinajstić information content (AvgIpc) is 0.861. The number of hydrogen-bond acceptors (Lipinski definition) is 9. The molecule has 9 nitrogen and oxygen atoms in total. The first-order valence-corrected chi connectivity index (χ1v) is 32.9. The van der Waals surface area contributed by atoms with Crippen molar-refractivity contribution in [2.24, 2.45) is 11.3 Å². The lowest BCUT2D eigenvalue weighted by Crippen LogP contribution is -2.72. The van der Waals surface area contributed by atoms with E-state index in [9.17, 15) is 0 Å². The monoisotopic (exact) mass is 1130 g/mol. The molecule has 8 saturated heterocycles. The second-order valence-electron chi connectivity index (χ2n) is 29.1. The van der Waals surface area contributed by atoms with E-state index in [4.69, 9.17) is 15.0 Å². The lowest BCUT2D eigenvalue weighted by Gasteiger charge is -2.70. The summed E-state index contributed by atoms with van der Waals surface area (Å²) in [5.41, 5.74) is 28.3. The van der Waals surface area contributed by atoms with Gasteiger partial charge in [0.15, 0.2) is 0 Å². The maximum Gasteiger partial charge on any atom is 0.0995 e. The topological polar surface area (TPSA) is 67.8 Å². The maximum absolute atomic E-state index is 4.82. The third-order valence-electron chi connectivity index (χ3n) is 24.6. The second-order valence-corrected chi connectivity index (χ2v) is 29.1. The van der Waals surface area contributed by atoms with Gasteiger partial charge >= 0.3 is 0 Å². The van der Waals surface area contributed by atoms with Crippen LogP contribution in [-0.4, -0.2) is 74.3 Å². The number of pyridine rings is 4. The van der Waals surface area contributed by atoms with E-state index in [2.05, 4.69) is 220 Å². The van der Waals surface area contributed by atoms with E-state index < -0.39 is 0 Å². The quantitative estimate of drug-likeness (QED) is 0.172. The summed E-state index contributed by atoms with van der Waals surface area (Å²) < 4.78 is 0. The van der Waals surface area contributed by atoms with Gasteiger partial charge in [-0.15, -0.1) is 0 Å². The zero-order valence-electron chi connectivity index (χ0n) is 54.5. The molecule has 11 aliphatic heterocycles. The van der Waals surface area contributed by atoms with E-state index in [1.165, 1.54) is 157 Å². The summed E-state index contributed by atoms with van der Waals surface area (Å²) in [7, 11) is 0. The fourth-order valence-electron chi connectivity index (χ4n) is 21.0. The van der Waals surface area contributed by atoms with Gasteiger partial charge in [-0.05, 0) is 282 Å². The van der Waals surface area contributed by atoms with E-state index in [1.54, 1.807) is 11.1 Å². The van der Waals surface area contributed by atoms with Crippen LogP contribution in [0.1, 0.15) is 208 Å². The first-order valence-electron chi connectivity index (χ1n) is 32.9. The average molecular weight is 1130 g/mol. The molecule has 12 fully saturated rings. The predicted molar refractivity (Wildman–Crippen MR) is 348 cm³/mol. The van der Waals surface area contributed by atoms with Crippen LogP contribution in [0.2, 0.25) is 0 Å². The molecule has 4 aromatic heterocycles.